The van der Waals surface area contributed by atoms with Crippen LogP contribution < -0.4 is 0 Å². The molecule has 1 aromatic carbocycles. The standard InChI is InChI=1S/C16H21NO5/c1-3-22-15(19)14(17(16(20)21)12(2)11-18)10-9-13-7-5-4-6-8-13/h4-8,11-12,14H,3,9-10H2,1-2H3,(H,20,21)/t12-,14-/m0/s1. The molecule has 0 radical (unpaired) electrons. The maximum absolute atomic E-state index is 12.1. The van der Waals surface area contributed by atoms with Crippen molar-refractivity contribution in [3.05, 3.63) is 35.9 Å². The quantitative estimate of drug-likeness (QED) is 0.587. The summed E-state index contributed by atoms with van der Waals surface area (Å²) < 4.78 is 4.96. The smallest absolute Gasteiger partial charge is 0.408 e. The Bertz CT molecular complexity index is 503. The first-order valence-corrected chi connectivity index (χ1v) is 7.18. The van der Waals surface area contributed by atoms with E-state index in [0.29, 0.717) is 12.7 Å². The van der Waals surface area contributed by atoms with Gasteiger partial charge in [0.15, 0.2) is 0 Å². The normalized spacial score (nSPS) is 13.0. The number of aryl methyl sites for hydroxylation is 1. The third-order valence-corrected chi connectivity index (χ3v) is 3.30. The molecule has 0 heterocycles. The third-order valence-electron chi connectivity index (χ3n) is 3.30. The highest BCUT2D eigenvalue weighted by atomic mass is 16.5. The predicted molar refractivity (Wildman–Crippen MR) is 80.6 cm³/mol. The van der Waals surface area contributed by atoms with Gasteiger partial charge >= 0.3 is 12.1 Å². The Hall–Kier alpha value is -2.37. The molecule has 1 amide bonds. The van der Waals surface area contributed by atoms with E-state index < -0.39 is 24.1 Å². The van der Waals surface area contributed by atoms with Gasteiger partial charge in [-0.2, -0.15) is 0 Å². The number of nitrogens with zero attached hydrogens (tertiary/aromatic N) is 1. The summed E-state index contributed by atoms with van der Waals surface area (Å²) in [5, 5.41) is 9.32. The van der Waals surface area contributed by atoms with E-state index in [2.05, 4.69) is 0 Å². The zero-order chi connectivity index (χ0) is 16.5. The summed E-state index contributed by atoms with van der Waals surface area (Å²) in [6.07, 6.45) is -0.0405. The number of carbonyl (C=O) groups excluding carboxylic acids is 2. The summed E-state index contributed by atoms with van der Waals surface area (Å²) in [5.74, 6) is -0.630. The average Bonchev–Trinajstić information content (AvgIpc) is 2.51. The van der Waals surface area contributed by atoms with Crippen LogP contribution in [0, 0.1) is 0 Å². The van der Waals surface area contributed by atoms with Crippen molar-refractivity contribution in [3.8, 4) is 0 Å². The molecule has 2 atom stereocenters. The summed E-state index contributed by atoms with van der Waals surface area (Å²) in [5.41, 5.74) is 0.987. The van der Waals surface area contributed by atoms with Crippen molar-refractivity contribution in [2.45, 2.75) is 38.8 Å². The van der Waals surface area contributed by atoms with Crippen LogP contribution in [0.5, 0.6) is 0 Å². The van der Waals surface area contributed by atoms with Crippen molar-refractivity contribution in [1.29, 1.82) is 0 Å². The molecule has 0 saturated heterocycles. The summed E-state index contributed by atoms with van der Waals surface area (Å²) in [4.78, 5) is 35.3. The van der Waals surface area contributed by atoms with Gasteiger partial charge < -0.3 is 14.6 Å². The van der Waals surface area contributed by atoms with Gasteiger partial charge in [-0.1, -0.05) is 30.3 Å². The number of aldehydes is 1. The van der Waals surface area contributed by atoms with Gasteiger partial charge in [-0.15, -0.1) is 0 Å². The Morgan fingerprint density at radius 2 is 1.95 bits per heavy atom. The van der Waals surface area contributed by atoms with E-state index in [4.69, 9.17) is 4.74 Å². The number of rotatable bonds is 8. The predicted octanol–water partition coefficient (Wildman–Crippen LogP) is 2.12. The molecule has 1 aromatic rings. The second-order valence-electron chi connectivity index (χ2n) is 4.86. The van der Waals surface area contributed by atoms with E-state index in [1.165, 1.54) is 6.92 Å². The van der Waals surface area contributed by atoms with Crippen molar-refractivity contribution in [3.63, 3.8) is 0 Å². The molecule has 120 valence electrons. The molecule has 0 bridgehead atoms. The van der Waals surface area contributed by atoms with Gasteiger partial charge in [-0.25, -0.2) is 9.59 Å². The number of hydrogen-bond donors (Lipinski definition) is 1. The lowest BCUT2D eigenvalue weighted by Crippen LogP contribution is -2.50. The second kappa shape index (κ2) is 8.81. The fourth-order valence-electron chi connectivity index (χ4n) is 2.21. The monoisotopic (exact) mass is 307 g/mol. The Morgan fingerprint density at radius 1 is 1.32 bits per heavy atom. The highest BCUT2D eigenvalue weighted by Crippen LogP contribution is 2.15. The van der Waals surface area contributed by atoms with E-state index in [-0.39, 0.29) is 13.0 Å². The first-order valence-electron chi connectivity index (χ1n) is 7.18. The van der Waals surface area contributed by atoms with Crippen molar-refractivity contribution < 1.29 is 24.2 Å². The van der Waals surface area contributed by atoms with Crippen LogP contribution in [0.15, 0.2) is 30.3 Å². The largest absolute Gasteiger partial charge is 0.465 e. The zero-order valence-corrected chi connectivity index (χ0v) is 12.8. The summed E-state index contributed by atoms with van der Waals surface area (Å²) in [6.45, 7) is 3.25. The maximum atomic E-state index is 12.1. The number of ether oxygens (including phenoxy) is 1. The molecule has 6 heteroatoms. The van der Waals surface area contributed by atoms with E-state index in [1.54, 1.807) is 6.92 Å². The minimum absolute atomic E-state index is 0.156. The minimum Gasteiger partial charge on any atom is -0.465 e. The molecule has 0 unspecified atom stereocenters. The fourth-order valence-corrected chi connectivity index (χ4v) is 2.21. The molecular formula is C16H21NO5. The van der Waals surface area contributed by atoms with Gasteiger partial charge in [-0.05, 0) is 32.3 Å². The van der Waals surface area contributed by atoms with Gasteiger partial charge in [0.2, 0.25) is 0 Å². The average molecular weight is 307 g/mol. The lowest BCUT2D eigenvalue weighted by molar-refractivity contribution is -0.150. The van der Waals surface area contributed by atoms with E-state index in [1.807, 2.05) is 30.3 Å². The van der Waals surface area contributed by atoms with Crippen LogP contribution in [-0.4, -0.2) is 47.0 Å². The van der Waals surface area contributed by atoms with Gasteiger partial charge in [-0.3, -0.25) is 4.90 Å². The van der Waals surface area contributed by atoms with E-state index >= 15 is 0 Å². The van der Waals surface area contributed by atoms with Crippen LogP contribution in [0.25, 0.3) is 0 Å². The molecule has 0 aromatic heterocycles. The van der Waals surface area contributed by atoms with E-state index in [0.717, 1.165) is 10.5 Å². The Labute approximate surface area is 129 Å². The lowest BCUT2D eigenvalue weighted by Gasteiger charge is -2.30. The summed E-state index contributed by atoms with van der Waals surface area (Å²) in [6, 6.07) is 7.51. The van der Waals surface area contributed by atoms with Crippen molar-refractivity contribution in [2.75, 3.05) is 6.61 Å². The Balaban J connectivity index is 2.93. The van der Waals surface area contributed by atoms with E-state index in [9.17, 15) is 19.5 Å². The molecule has 0 fully saturated rings. The Kier molecular flexibility index (Phi) is 7.08. The molecule has 1 N–H and O–H groups in total. The SMILES string of the molecule is CCOC(=O)[C@H](CCc1ccccc1)N(C(=O)O)[C@@H](C)C=O. The topological polar surface area (TPSA) is 83.9 Å². The third kappa shape index (κ3) is 4.87. The summed E-state index contributed by atoms with van der Waals surface area (Å²) in [7, 11) is 0. The summed E-state index contributed by atoms with van der Waals surface area (Å²) >= 11 is 0. The number of esters is 1. The number of carboxylic acid groups (broad SMARTS) is 1. The van der Waals surface area contributed by atoms with Gasteiger partial charge in [0.05, 0.1) is 12.6 Å². The molecule has 0 aliphatic carbocycles. The van der Waals surface area contributed by atoms with Crippen LogP contribution in [-0.2, 0) is 20.7 Å². The van der Waals surface area contributed by atoms with Crippen molar-refractivity contribution >= 4 is 18.3 Å². The number of carbonyl (C=O) groups is 3. The molecule has 0 aliphatic rings. The molecule has 1 rings (SSSR count). The van der Waals surface area contributed by atoms with Crippen LogP contribution in [0.4, 0.5) is 4.79 Å². The van der Waals surface area contributed by atoms with Crippen molar-refractivity contribution in [2.24, 2.45) is 0 Å². The second-order valence-corrected chi connectivity index (χ2v) is 4.86. The minimum atomic E-state index is -1.31. The lowest BCUT2D eigenvalue weighted by atomic mass is 10.0. The highest BCUT2D eigenvalue weighted by Gasteiger charge is 2.34. The molecule has 0 saturated carbocycles. The fraction of sp³-hybridized carbons (Fsp3) is 0.438. The maximum Gasteiger partial charge on any atom is 0.408 e. The number of benzene rings is 1. The van der Waals surface area contributed by atoms with Crippen LogP contribution >= 0.6 is 0 Å². The van der Waals surface area contributed by atoms with Crippen LogP contribution in [0.3, 0.4) is 0 Å². The highest BCUT2D eigenvalue weighted by molar-refractivity contribution is 5.83. The molecule has 0 spiro atoms. The van der Waals surface area contributed by atoms with Gasteiger partial charge in [0, 0.05) is 0 Å². The molecule has 0 aliphatic heterocycles. The first kappa shape index (κ1) is 17.7. The zero-order valence-electron chi connectivity index (χ0n) is 12.8. The molecule has 6 nitrogen and oxygen atoms in total. The van der Waals surface area contributed by atoms with Crippen molar-refractivity contribution in [1.82, 2.24) is 4.90 Å². The molecular weight excluding hydrogens is 286 g/mol. The Morgan fingerprint density at radius 3 is 2.45 bits per heavy atom. The molecule has 22 heavy (non-hydrogen) atoms. The van der Waals surface area contributed by atoms with Crippen LogP contribution in [0.2, 0.25) is 0 Å². The van der Waals surface area contributed by atoms with Gasteiger partial charge in [0.25, 0.3) is 0 Å². The first-order chi connectivity index (χ1) is 10.5. The van der Waals surface area contributed by atoms with Gasteiger partial charge in [0.1, 0.15) is 12.3 Å². The number of hydrogen-bond acceptors (Lipinski definition) is 4. The number of amides is 1. The van der Waals surface area contributed by atoms with Crippen LogP contribution in [0.1, 0.15) is 25.8 Å².